The fraction of sp³-hybridized carbons (Fsp3) is 0.462. The number of carboxylic acid groups (broad SMARTS) is 1. The molecule has 0 saturated carbocycles. The number of nitrogens with zero attached hydrogens (tertiary/aromatic N) is 1. The van der Waals surface area contributed by atoms with E-state index in [1.54, 1.807) is 0 Å². The predicted octanol–water partition coefficient (Wildman–Crippen LogP) is 1.50. The molecule has 1 aromatic rings. The Kier molecular flexibility index (Phi) is 4.38. The van der Waals surface area contributed by atoms with Crippen LogP contribution in [0.4, 0.5) is 11.4 Å². The predicted molar refractivity (Wildman–Crippen MR) is 80.4 cm³/mol. The molecule has 1 fully saturated rings. The number of piperidine rings is 1. The van der Waals surface area contributed by atoms with Crippen LogP contribution in [0.3, 0.4) is 0 Å². The quantitative estimate of drug-likeness (QED) is 0.729. The maximum atomic E-state index is 12.4. The van der Waals surface area contributed by atoms with E-state index in [9.17, 15) is 13.2 Å². The fourth-order valence-corrected chi connectivity index (χ4v) is 3.97. The maximum absolute atomic E-state index is 12.4. The molecule has 1 aliphatic rings. The lowest BCUT2D eigenvalue weighted by Gasteiger charge is -2.32. The van der Waals surface area contributed by atoms with Gasteiger partial charge in [-0.25, -0.2) is 4.79 Å². The topological polar surface area (TPSA) is 113 Å². The van der Waals surface area contributed by atoms with Gasteiger partial charge in [-0.2, -0.15) is 12.7 Å². The van der Waals surface area contributed by atoms with Gasteiger partial charge in [-0.15, -0.1) is 0 Å². The molecule has 0 amide bonds. The first-order valence-electron chi connectivity index (χ1n) is 6.73. The van der Waals surface area contributed by atoms with Gasteiger partial charge in [0.2, 0.25) is 0 Å². The highest BCUT2D eigenvalue weighted by Crippen LogP contribution is 2.25. The van der Waals surface area contributed by atoms with Crippen LogP contribution in [0.25, 0.3) is 0 Å². The summed E-state index contributed by atoms with van der Waals surface area (Å²) in [4.78, 5) is 11.2. The summed E-state index contributed by atoms with van der Waals surface area (Å²) in [7, 11) is -3.79. The number of rotatable bonds is 4. The summed E-state index contributed by atoms with van der Waals surface area (Å²) in [6, 6.07) is 3.92. The molecular formula is C13H19N3O4S. The lowest BCUT2D eigenvalue weighted by molar-refractivity contribution is 0.0698. The van der Waals surface area contributed by atoms with Gasteiger partial charge in [0, 0.05) is 18.3 Å². The Bertz CT molecular complexity index is 645. The van der Waals surface area contributed by atoms with Crippen LogP contribution in [-0.4, -0.2) is 36.4 Å². The van der Waals surface area contributed by atoms with Gasteiger partial charge in [0.05, 0.1) is 11.3 Å². The SMILES string of the molecule is CC1CCCCN1S(=O)(=O)Nc1cc(N)ccc1C(=O)O. The molecule has 1 saturated heterocycles. The van der Waals surface area contributed by atoms with E-state index < -0.39 is 16.2 Å². The molecule has 7 nitrogen and oxygen atoms in total. The van der Waals surface area contributed by atoms with Crippen molar-refractivity contribution in [2.45, 2.75) is 32.2 Å². The lowest BCUT2D eigenvalue weighted by Crippen LogP contribution is -2.45. The summed E-state index contributed by atoms with van der Waals surface area (Å²) in [5, 5.41) is 9.13. The monoisotopic (exact) mass is 313 g/mol. The largest absolute Gasteiger partial charge is 0.478 e. The van der Waals surface area contributed by atoms with E-state index in [1.807, 2.05) is 6.92 Å². The first kappa shape index (κ1) is 15.6. The van der Waals surface area contributed by atoms with Gasteiger partial charge in [0.15, 0.2) is 0 Å². The van der Waals surface area contributed by atoms with Crippen LogP contribution >= 0.6 is 0 Å². The number of carboxylic acids is 1. The van der Waals surface area contributed by atoms with E-state index in [2.05, 4.69) is 4.72 Å². The first-order chi connectivity index (χ1) is 9.81. The van der Waals surface area contributed by atoms with Crippen LogP contribution < -0.4 is 10.5 Å². The van der Waals surface area contributed by atoms with Crippen LogP contribution in [0.5, 0.6) is 0 Å². The van der Waals surface area contributed by atoms with Gasteiger partial charge in [-0.1, -0.05) is 6.42 Å². The molecule has 0 bridgehead atoms. The van der Waals surface area contributed by atoms with E-state index >= 15 is 0 Å². The van der Waals surface area contributed by atoms with Crippen LogP contribution in [0, 0.1) is 0 Å². The Morgan fingerprint density at radius 1 is 1.43 bits per heavy atom. The van der Waals surface area contributed by atoms with Crippen LogP contribution in [0.1, 0.15) is 36.5 Å². The maximum Gasteiger partial charge on any atom is 0.337 e. The minimum Gasteiger partial charge on any atom is -0.478 e. The van der Waals surface area contributed by atoms with Crippen molar-refractivity contribution < 1.29 is 18.3 Å². The van der Waals surface area contributed by atoms with Crippen molar-refractivity contribution in [1.82, 2.24) is 4.31 Å². The summed E-state index contributed by atoms with van der Waals surface area (Å²) in [6.07, 6.45) is 2.59. The van der Waals surface area contributed by atoms with E-state index in [0.717, 1.165) is 19.3 Å². The molecule has 0 aliphatic carbocycles. The zero-order valence-corrected chi connectivity index (χ0v) is 12.6. The Hall–Kier alpha value is -1.80. The number of nitrogens with two attached hydrogens (primary N) is 1. The molecule has 0 aromatic heterocycles. The zero-order chi connectivity index (χ0) is 15.6. The first-order valence-corrected chi connectivity index (χ1v) is 8.17. The van der Waals surface area contributed by atoms with Gasteiger partial charge in [0.25, 0.3) is 0 Å². The van der Waals surface area contributed by atoms with Crippen LogP contribution in [0.15, 0.2) is 18.2 Å². The standard InChI is InChI=1S/C13H19N3O4S/c1-9-4-2-3-7-16(9)21(19,20)15-12-8-10(14)5-6-11(12)13(17)18/h5-6,8-9,15H,2-4,7,14H2,1H3,(H,17,18). The Morgan fingerprint density at radius 2 is 2.14 bits per heavy atom. The summed E-state index contributed by atoms with van der Waals surface area (Å²) in [6.45, 7) is 2.27. The van der Waals surface area contributed by atoms with Gasteiger partial charge in [0.1, 0.15) is 0 Å². The molecule has 8 heteroatoms. The second-order valence-electron chi connectivity index (χ2n) is 5.17. The Balaban J connectivity index is 2.32. The molecule has 1 atom stereocenters. The van der Waals surface area contributed by atoms with Crippen molar-refractivity contribution in [1.29, 1.82) is 0 Å². The molecule has 2 rings (SSSR count). The second kappa shape index (κ2) is 5.90. The molecule has 0 radical (unpaired) electrons. The molecule has 116 valence electrons. The van der Waals surface area contributed by atoms with Crippen LogP contribution in [-0.2, 0) is 10.2 Å². The van der Waals surface area contributed by atoms with E-state index in [1.165, 1.54) is 22.5 Å². The van der Waals surface area contributed by atoms with Crippen molar-refractivity contribution in [3.63, 3.8) is 0 Å². The van der Waals surface area contributed by atoms with Crippen LogP contribution in [0.2, 0.25) is 0 Å². The zero-order valence-electron chi connectivity index (χ0n) is 11.7. The Labute approximate surface area is 123 Å². The van der Waals surface area contributed by atoms with Crippen molar-refractivity contribution in [3.05, 3.63) is 23.8 Å². The minimum atomic E-state index is -3.79. The third-order valence-electron chi connectivity index (χ3n) is 3.56. The molecule has 1 unspecified atom stereocenters. The number of anilines is 2. The number of aromatic carboxylic acids is 1. The molecule has 4 N–H and O–H groups in total. The number of hydrogen-bond acceptors (Lipinski definition) is 4. The molecule has 21 heavy (non-hydrogen) atoms. The number of carbonyl (C=O) groups is 1. The second-order valence-corrected chi connectivity index (χ2v) is 6.80. The highest BCUT2D eigenvalue weighted by molar-refractivity contribution is 7.90. The molecule has 1 aromatic carbocycles. The third kappa shape index (κ3) is 3.45. The molecule has 1 heterocycles. The highest BCUT2D eigenvalue weighted by atomic mass is 32.2. The lowest BCUT2D eigenvalue weighted by atomic mass is 10.1. The van der Waals surface area contributed by atoms with Gasteiger partial charge in [-0.3, -0.25) is 4.72 Å². The molecule has 1 aliphatic heterocycles. The fourth-order valence-electron chi connectivity index (χ4n) is 2.46. The number of benzene rings is 1. The summed E-state index contributed by atoms with van der Waals surface area (Å²) in [5.41, 5.74) is 5.77. The van der Waals surface area contributed by atoms with Crippen molar-refractivity contribution in [2.24, 2.45) is 0 Å². The minimum absolute atomic E-state index is 0.0136. The van der Waals surface area contributed by atoms with E-state index in [4.69, 9.17) is 10.8 Å². The number of nitrogen functional groups attached to an aromatic ring is 1. The summed E-state index contributed by atoms with van der Waals surface area (Å²) >= 11 is 0. The van der Waals surface area contributed by atoms with E-state index in [-0.39, 0.29) is 17.3 Å². The average molecular weight is 313 g/mol. The van der Waals surface area contributed by atoms with Gasteiger partial charge < -0.3 is 10.8 Å². The number of hydrogen-bond donors (Lipinski definition) is 3. The highest BCUT2D eigenvalue weighted by Gasteiger charge is 2.30. The number of nitrogens with one attached hydrogen (secondary N) is 1. The van der Waals surface area contributed by atoms with E-state index in [0.29, 0.717) is 12.2 Å². The van der Waals surface area contributed by atoms with Gasteiger partial charge in [-0.05, 0) is 38.0 Å². The van der Waals surface area contributed by atoms with Crippen molar-refractivity contribution >= 4 is 27.6 Å². The summed E-state index contributed by atoms with van der Waals surface area (Å²) in [5.74, 6) is -1.21. The average Bonchev–Trinajstić information content (AvgIpc) is 2.38. The van der Waals surface area contributed by atoms with Crippen molar-refractivity contribution in [3.8, 4) is 0 Å². The van der Waals surface area contributed by atoms with Gasteiger partial charge >= 0.3 is 16.2 Å². The molecule has 0 spiro atoms. The smallest absolute Gasteiger partial charge is 0.337 e. The summed E-state index contributed by atoms with van der Waals surface area (Å²) < 4.78 is 28.6. The normalized spacial score (nSPS) is 20.1. The Morgan fingerprint density at radius 3 is 2.76 bits per heavy atom. The van der Waals surface area contributed by atoms with Crippen molar-refractivity contribution in [2.75, 3.05) is 17.0 Å². The molecular weight excluding hydrogens is 294 g/mol. The third-order valence-corrected chi connectivity index (χ3v) is 5.20.